The zero-order valence-corrected chi connectivity index (χ0v) is 11.6. The molecule has 0 radical (unpaired) electrons. The first kappa shape index (κ1) is 15.0. The normalized spacial score (nSPS) is 18.3. The monoisotopic (exact) mass is 256 g/mol. The van der Waals surface area contributed by atoms with Crippen LogP contribution in [0.1, 0.15) is 33.6 Å². The molecule has 0 unspecified atom stereocenters. The summed E-state index contributed by atoms with van der Waals surface area (Å²) in [6, 6.07) is 0. The summed E-state index contributed by atoms with van der Waals surface area (Å²) < 4.78 is 5.36. The summed E-state index contributed by atoms with van der Waals surface area (Å²) in [5.74, 6) is 0. The van der Waals surface area contributed by atoms with Crippen molar-refractivity contribution < 1.29 is 14.3 Å². The fourth-order valence-electron chi connectivity index (χ4n) is 1.94. The van der Waals surface area contributed by atoms with E-state index in [4.69, 9.17) is 4.74 Å². The summed E-state index contributed by atoms with van der Waals surface area (Å²) in [6.45, 7) is 9.56. The van der Waals surface area contributed by atoms with E-state index in [1.165, 1.54) is 0 Å². The molecule has 104 valence electrons. The van der Waals surface area contributed by atoms with E-state index >= 15 is 0 Å². The molecule has 1 heterocycles. The second kappa shape index (κ2) is 6.73. The van der Waals surface area contributed by atoms with E-state index in [0.717, 1.165) is 38.9 Å². The smallest absolute Gasteiger partial charge is 0.410 e. The topological polar surface area (TPSA) is 49.9 Å². The Kier molecular flexibility index (Phi) is 5.59. The fraction of sp³-hybridized carbons (Fsp3) is 0.846. The van der Waals surface area contributed by atoms with E-state index in [9.17, 15) is 9.59 Å². The van der Waals surface area contributed by atoms with Crippen LogP contribution in [0.2, 0.25) is 0 Å². The van der Waals surface area contributed by atoms with Gasteiger partial charge in [-0.1, -0.05) is 0 Å². The molecule has 5 heteroatoms. The van der Waals surface area contributed by atoms with Gasteiger partial charge >= 0.3 is 6.09 Å². The third-order valence-electron chi connectivity index (χ3n) is 2.80. The molecule has 1 amide bonds. The number of nitrogens with zero attached hydrogens (tertiary/aromatic N) is 2. The van der Waals surface area contributed by atoms with E-state index in [0.29, 0.717) is 13.0 Å². The average molecular weight is 256 g/mol. The van der Waals surface area contributed by atoms with Gasteiger partial charge in [0.05, 0.1) is 0 Å². The molecule has 0 aromatic heterocycles. The lowest BCUT2D eigenvalue weighted by Gasteiger charge is -2.26. The van der Waals surface area contributed by atoms with Crippen molar-refractivity contribution in [3.63, 3.8) is 0 Å². The highest BCUT2D eigenvalue weighted by Crippen LogP contribution is 2.12. The second-order valence-corrected chi connectivity index (χ2v) is 5.62. The minimum atomic E-state index is -0.444. The molecule has 0 aromatic rings. The summed E-state index contributed by atoms with van der Waals surface area (Å²) in [4.78, 5) is 26.2. The number of carbonyl (C=O) groups is 2. The maximum Gasteiger partial charge on any atom is 0.410 e. The highest BCUT2D eigenvalue weighted by atomic mass is 16.6. The van der Waals surface area contributed by atoms with Gasteiger partial charge in [0.2, 0.25) is 0 Å². The van der Waals surface area contributed by atoms with Crippen LogP contribution in [0, 0.1) is 0 Å². The summed E-state index contributed by atoms with van der Waals surface area (Å²) in [7, 11) is 0. The number of carbonyl (C=O) groups excluding carboxylic acids is 2. The van der Waals surface area contributed by atoms with Crippen LogP contribution < -0.4 is 0 Å². The minimum absolute atomic E-state index is 0.236. The van der Waals surface area contributed by atoms with Crippen molar-refractivity contribution in [1.29, 1.82) is 0 Å². The summed E-state index contributed by atoms with van der Waals surface area (Å²) in [5, 5.41) is 0. The van der Waals surface area contributed by atoms with Crippen LogP contribution in [0.25, 0.3) is 0 Å². The maximum absolute atomic E-state index is 11.9. The molecular formula is C13H24N2O3. The van der Waals surface area contributed by atoms with Crippen LogP contribution in [0.4, 0.5) is 4.79 Å². The molecule has 1 aliphatic heterocycles. The Bertz CT molecular complexity index is 286. The van der Waals surface area contributed by atoms with Crippen LogP contribution in [0.3, 0.4) is 0 Å². The highest BCUT2D eigenvalue weighted by Gasteiger charge is 2.24. The predicted octanol–water partition coefficient (Wildman–Crippen LogP) is 1.52. The van der Waals surface area contributed by atoms with Crippen LogP contribution in [0.5, 0.6) is 0 Å². The Morgan fingerprint density at radius 2 is 1.94 bits per heavy atom. The van der Waals surface area contributed by atoms with Gasteiger partial charge < -0.3 is 19.3 Å². The van der Waals surface area contributed by atoms with Crippen molar-refractivity contribution in [2.45, 2.75) is 39.2 Å². The van der Waals surface area contributed by atoms with Crippen molar-refractivity contribution in [2.75, 3.05) is 32.7 Å². The van der Waals surface area contributed by atoms with Crippen LogP contribution >= 0.6 is 0 Å². The predicted molar refractivity (Wildman–Crippen MR) is 69.5 cm³/mol. The van der Waals surface area contributed by atoms with E-state index < -0.39 is 5.60 Å². The lowest BCUT2D eigenvalue weighted by molar-refractivity contribution is -0.108. The third kappa shape index (κ3) is 5.49. The van der Waals surface area contributed by atoms with Gasteiger partial charge in [-0.05, 0) is 33.7 Å². The Balaban J connectivity index is 2.41. The van der Waals surface area contributed by atoms with Gasteiger partial charge in [0.25, 0.3) is 0 Å². The first-order valence-corrected chi connectivity index (χ1v) is 6.56. The number of hydrogen-bond acceptors (Lipinski definition) is 4. The minimum Gasteiger partial charge on any atom is -0.444 e. The van der Waals surface area contributed by atoms with Crippen molar-refractivity contribution >= 4 is 12.4 Å². The first-order valence-electron chi connectivity index (χ1n) is 6.56. The van der Waals surface area contributed by atoms with E-state index in [-0.39, 0.29) is 6.09 Å². The van der Waals surface area contributed by atoms with Crippen molar-refractivity contribution in [3.8, 4) is 0 Å². The van der Waals surface area contributed by atoms with Crippen LogP contribution in [0.15, 0.2) is 0 Å². The van der Waals surface area contributed by atoms with Crippen molar-refractivity contribution in [1.82, 2.24) is 9.80 Å². The quantitative estimate of drug-likeness (QED) is 0.718. The van der Waals surface area contributed by atoms with Gasteiger partial charge in [-0.2, -0.15) is 0 Å². The summed E-state index contributed by atoms with van der Waals surface area (Å²) in [5.41, 5.74) is -0.444. The highest BCUT2D eigenvalue weighted by molar-refractivity contribution is 5.68. The van der Waals surface area contributed by atoms with Gasteiger partial charge in [-0.15, -0.1) is 0 Å². The molecule has 0 spiro atoms. The molecule has 1 saturated heterocycles. The first-order chi connectivity index (χ1) is 8.42. The van der Waals surface area contributed by atoms with Crippen molar-refractivity contribution in [2.24, 2.45) is 0 Å². The van der Waals surface area contributed by atoms with E-state index in [1.807, 2.05) is 20.8 Å². The number of hydrogen-bond donors (Lipinski definition) is 0. The Hall–Kier alpha value is -1.10. The molecule has 1 fully saturated rings. The third-order valence-corrected chi connectivity index (χ3v) is 2.80. The van der Waals surface area contributed by atoms with Gasteiger partial charge in [0, 0.05) is 32.6 Å². The zero-order chi connectivity index (χ0) is 13.6. The van der Waals surface area contributed by atoms with E-state index in [1.54, 1.807) is 4.90 Å². The maximum atomic E-state index is 11.9. The van der Waals surface area contributed by atoms with Gasteiger partial charge in [0.1, 0.15) is 11.9 Å². The number of ether oxygens (including phenoxy) is 1. The molecule has 0 aromatic carbocycles. The van der Waals surface area contributed by atoms with Gasteiger partial charge in [-0.25, -0.2) is 4.79 Å². The van der Waals surface area contributed by atoms with Crippen molar-refractivity contribution in [3.05, 3.63) is 0 Å². The Labute approximate surface area is 109 Å². The zero-order valence-electron chi connectivity index (χ0n) is 11.6. The average Bonchev–Trinajstić information content (AvgIpc) is 2.49. The molecule has 0 saturated carbocycles. The van der Waals surface area contributed by atoms with Crippen LogP contribution in [-0.4, -0.2) is 60.5 Å². The van der Waals surface area contributed by atoms with Gasteiger partial charge in [0.15, 0.2) is 0 Å². The summed E-state index contributed by atoms with van der Waals surface area (Å²) in [6.07, 6.45) is 2.20. The molecule has 1 aliphatic rings. The fourth-order valence-corrected chi connectivity index (χ4v) is 1.94. The van der Waals surface area contributed by atoms with Gasteiger partial charge in [-0.3, -0.25) is 0 Å². The largest absolute Gasteiger partial charge is 0.444 e. The lowest BCUT2D eigenvalue weighted by Crippen LogP contribution is -2.39. The van der Waals surface area contributed by atoms with E-state index in [2.05, 4.69) is 4.90 Å². The standard InChI is InChI=1S/C13H24N2O3/c1-13(2,3)18-12(17)15-8-4-6-14(9-10-15)7-5-11-16/h11H,4-10H2,1-3H3. The second-order valence-electron chi connectivity index (χ2n) is 5.62. The molecule has 0 bridgehead atoms. The molecule has 0 aliphatic carbocycles. The number of aldehydes is 1. The molecule has 5 nitrogen and oxygen atoms in total. The Morgan fingerprint density at radius 1 is 1.22 bits per heavy atom. The molecular weight excluding hydrogens is 232 g/mol. The SMILES string of the molecule is CC(C)(C)OC(=O)N1CCCN(CCC=O)CC1. The molecule has 18 heavy (non-hydrogen) atoms. The lowest BCUT2D eigenvalue weighted by atomic mass is 10.2. The Morgan fingerprint density at radius 3 is 2.56 bits per heavy atom. The molecule has 0 N–H and O–H groups in total. The number of rotatable bonds is 3. The molecule has 1 rings (SSSR count). The molecule has 0 atom stereocenters. The van der Waals surface area contributed by atoms with Crippen LogP contribution in [-0.2, 0) is 9.53 Å². The summed E-state index contributed by atoms with van der Waals surface area (Å²) >= 11 is 0. The number of amides is 1.